The minimum Gasteiger partial charge on any atom is -0.352 e. The minimum absolute atomic E-state index is 0.0384. The molecular formula is C22H25FN8O. The molecule has 0 aliphatic carbocycles. The molecule has 4 rings (SSSR count). The van der Waals surface area contributed by atoms with Crippen molar-refractivity contribution in [3.05, 3.63) is 41.9 Å². The van der Waals surface area contributed by atoms with Crippen LogP contribution in [0.1, 0.15) is 19.8 Å². The molecule has 166 valence electrons. The molecule has 1 atom stereocenters. The van der Waals surface area contributed by atoms with Gasteiger partial charge in [-0.2, -0.15) is 0 Å². The van der Waals surface area contributed by atoms with Crippen molar-refractivity contribution in [3.63, 3.8) is 0 Å². The second kappa shape index (κ2) is 8.78. The number of urea groups is 1. The van der Waals surface area contributed by atoms with Gasteiger partial charge >= 0.3 is 6.03 Å². The Hall–Kier alpha value is -3.74. The third-order valence-corrected chi connectivity index (χ3v) is 5.90. The monoisotopic (exact) mass is 436 g/mol. The molecule has 1 saturated heterocycles. The Morgan fingerprint density at radius 3 is 2.78 bits per heavy atom. The van der Waals surface area contributed by atoms with Gasteiger partial charge in [0.2, 0.25) is 11.6 Å². The van der Waals surface area contributed by atoms with Crippen LogP contribution in [0, 0.1) is 18.3 Å². The molecule has 0 saturated carbocycles. The van der Waals surface area contributed by atoms with Gasteiger partial charge in [-0.1, -0.05) is 0 Å². The van der Waals surface area contributed by atoms with E-state index in [0.717, 1.165) is 19.0 Å². The van der Waals surface area contributed by atoms with E-state index in [2.05, 4.69) is 37.0 Å². The largest absolute Gasteiger partial charge is 0.352 e. The van der Waals surface area contributed by atoms with E-state index in [0.29, 0.717) is 47.2 Å². The van der Waals surface area contributed by atoms with Crippen molar-refractivity contribution in [1.82, 2.24) is 29.7 Å². The fourth-order valence-electron chi connectivity index (χ4n) is 4.09. The van der Waals surface area contributed by atoms with Gasteiger partial charge < -0.3 is 20.1 Å². The Kier molecular flexibility index (Phi) is 5.90. The SMILES string of the molecule is [C-]#[N+]c1cnc(NC(C)C2CCN(C(=O)N(C)C)CC2)nc1-c1c[nH]c2ncc(F)cc12. The molecule has 2 N–H and O–H groups in total. The molecule has 10 heteroatoms. The summed E-state index contributed by atoms with van der Waals surface area (Å²) in [6, 6.07) is 1.50. The first-order chi connectivity index (χ1) is 15.4. The Labute approximate surface area is 185 Å². The summed E-state index contributed by atoms with van der Waals surface area (Å²) in [6.45, 7) is 11.0. The molecule has 3 aromatic heterocycles. The number of halogens is 1. The summed E-state index contributed by atoms with van der Waals surface area (Å²) in [7, 11) is 3.52. The number of amides is 2. The first kappa shape index (κ1) is 21.5. The van der Waals surface area contributed by atoms with Gasteiger partial charge in [-0.05, 0) is 31.7 Å². The number of aromatic nitrogens is 4. The normalized spacial score (nSPS) is 15.4. The summed E-state index contributed by atoms with van der Waals surface area (Å²) in [6.07, 6.45) is 6.07. The number of hydrogen-bond acceptors (Lipinski definition) is 5. The zero-order chi connectivity index (χ0) is 22.8. The summed E-state index contributed by atoms with van der Waals surface area (Å²) < 4.78 is 13.8. The van der Waals surface area contributed by atoms with E-state index in [1.807, 2.05) is 4.90 Å². The summed E-state index contributed by atoms with van der Waals surface area (Å²) in [4.78, 5) is 35.1. The van der Waals surface area contributed by atoms with E-state index in [1.54, 1.807) is 25.2 Å². The zero-order valence-corrected chi connectivity index (χ0v) is 18.3. The number of rotatable bonds is 4. The standard InChI is InChI=1S/C22H25FN8O/c1-13(14-5-7-31(8-6-14)22(32)30(3)4)28-21-27-12-18(24-2)19(29-21)17-11-26-20-16(17)9-15(23)10-25-20/h9-14H,5-8H2,1,3-4H3,(H,25,26)(H,27,28,29). The highest BCUT2D eigenvalue weighted by Gasteiger charge is 2.27. The number of hydrogen-bond donors (Lipinski definition) is 2. The second-order valence-electron chi connectivity index (χ2n) is 8.23. The van der Waals surface area contributed by atoms with E-state index >= 15 is 0 Å². The molecule has 0 radical (unpaired) electrons. The maximum absolute atomic E-state index is 13.8. The molecule has 0 spiro atoms. The molecule has 9 nitrogen and oxygen atoms in total. The Morgan fingerprint density at radius 1 is 1.34 bits per heavy atom. The number of pyridine rings is 1. The van der Waals surface area contributed by atoms with Gasteiger partial charge in [0.05, 0.1) is 18.5 Å². The lowest BCUT2D eigenvalue weighted by Gasteiger charge is -2.36. The van der Waals surface area contributed by atoms with Crippen molar-refractivity contribution in [2.24, 2.45) is 5.92 Å². The first-order valence-corrected chi connectivity index (χ1v) is 10.5. The molecule has 3 aromatic rings. The number of likely N-dealkylation sites (tertiary alicyclic amines) is 1. The second-order valence-corrected chi connectivity index (χ2v) is 8.23. The number of carbonyl (C=O) groups is 1. The predicted octanol–water partition coefficient (Wildman–Crippen LogP) is 3.90. The van der Waals surface area contributed by atoms with Crippen LogP contribution in [0.15, 0.2) is 24.7 Å². The van der Waals surface area contributed by atoms with Gasteiger partial charge in [0.1, 0.15) is 11.5 Å². The van der Waals surface area contributed by atoms with Crippen LogP contribution in [0.5, 0.6) is 0 Å². The highest BCUT2D eigenvalue weighted by atomic mass is 19.1. The van der Waals surface area contributed by atoms with Crippen molar-refractivity contribution in [2.45, 2.75) is 25.8 Å². The Bertz CT molecular complexity index is 1180. The highest BCUT2D eigenvalue weighted by molar-refractivity contribution is 5.96. The van der Waals surface area contributed by atoms with Crippen LogP contribution in [0.4, 0.5) is 20.8 Å². The quantitative estimate of drug-likeness (QED) is 0.605. The topological polar surface area (TPSA) is 94.4 Å². The van der Waals surface area contributed by atoms with Crippen molar-refractivity contribution >= 4 is 28.7 Å². The van der Waals surface area contributed by atoms with Gasteiger partial charge in [-0.25, -0.2) is 29.0 Å². The number of aromatic amines is 1. The Balaban J connectivity index is 1.52. The molecule has 0 aromatic carbocycles. The van der Waals surface area contributed by atoms with Gasteiger partial charge in [0.15, 0.2) is 0 Å². The summed E-state index contributed by atoms with van der Waals surface area (Å²) in [5.74, 6) is 0.313. The van der Waals surface area contributed by atoms with Crippen LogP contribution in [0.2, 0.25) is 0 Å². The average Bonchev–Trinajstić information content (AvgIpc) is 3.21. The zero-order valence-electron chi connectivity index (χ0n) is 18.3. The molecule has 32 heavy (non-hydrogen) atoms. The van der Waals surface area contributed by atoms with Gasteiger partial charge in [0, 0.05) is 56.6 Å². The molecule has 1 aliphatic heterocycles. The van der Waals surface area contributed by atoms with Crippen LogP contribution in [-0.2, 0) is 0 Å². The molecular weight excluding hydrogens is 411 g/mol. The van der Waals surface area contributed by atoms with Crippen molar-refractivity contribution in [1.29, 1.82) is 0 Å². The van der Waals surface area contributed by atoms with Crippen LogP contribution in [0.25, 0.3) is 27.1 Å². The van der Waals surface area contributed by atoms with Crippen molar-refractivity contribution in [3.8, 4) is 11.3 Å². The fraction of sp³-hybridized carbons (Fsp3) is 0.409. The lowest BCUT2D eigenvalue weighted by atomic mass is 9.90. The maximum Gasteiger partial charge on any atom is 0.319 e. The van der Waals surface area contributed by atoms with E-state index in [-0.39, 0.29) is 17.8 Å². The molecule has 2 amide bonds. The van der Waals surface area contributed by atoms with Gasteiger partial charge in [-0.15, -0.1) is 0 Å². The summed E-state index contributed by atoms with van der Waals surface area (Å²) in [5, 5.41) is 3.91. The number of H-pyrrole nitrogens is 1. The predicted molar refractivity (Wildman–Crippen MR) is 120 cm³/mol. The lowest BCUT2D eigenvalue weighted by Crippen LogP contribution is -2.46. The number of fused-ring (bicyclic) bond motifs is 1. The van der Waals surface area contributed by atoms with Crippen molar-refractivity contribution < 1.29 is 9.18 Å². The summed E-state index contributed by atoms with van der Waals surface area (Å²) in [5.41, 5.74) is 1.84. The maximum atomic E-state index is 13.8. The molecule has 0 bridgehead atoms. The molecule has 1 aliphatic rings. The summed E-state index contributed by atoms with van der Waals surface area (Å²) >= 11 is 0. The van der Waals surface area contributed by atoms with Crippen LogP contribution >= 0.6 is 0 Å². The number of piperidine rings is 1. The molecule has 1 unspecified atom stereocenters. The third-order valence-electron chi connectivity index (χ3n) is 5.90. The number of anilines is 1. The van der Waals surface area contributed by atoms with Crippen LogP contribution in [-0.4, -0.2) is 69.0 Å². The number of nitrogens with zero attached hydrogens (tertiary/aromatic N) is 6. The van der Waals surface area contributed by atoms with E-state index in [9.17, 15) is 9.18 Å². The van der Waals surface area contributed by atoms with Gasteiger partial charge in [-0.3, -0.25) is 0 Å². The molecule has 1 fully saturated rings. The van der Waals surface area contributed by atoms with Crippen LogP contribution < -0.4 is 5.32 Å². The number of carbonyl (C=O) groups excluding carboxylic acids is 1. The minimum atomic E-state index is -0.456. The van der Waals surface area contributed by atoms with Crippen molar-refractivity contribution in [2.75, 3.05) is 32.5 Å². The third kappa shape index (κ3) is 4.19. The molecule has 4 heterocycles. The first-order valence-electron chi connectivity index (χ1n) is 10.5. The Morgan fingerprint density at radius 2 is 2.09 bits per heavy atom. The van der Waals surface area contributed by atoms with Crippen LogP contribution in [0.3, 0.4) is 0 Å². The highest BCUT2D eigenvalue weighted by Crippen LogP contribution is 2.34. The van der Waals surface area contributed by atoms with E-state index in [4.69, 9.17) is 6.57 Å². The fourth-order valence-corrected chi connectivity index (χ4v) is 4.09. The lowest BCUT2D eigenvalue weighted by molar-refractivity contribution is 0.144. The van der Waals surface area contributed by atoms with E-state index in [1.165, 1.54) is 12.3 Å². The smallest absolute Gasteiger partial charge is 0.319 e. The average molecular weight is 436 g/mol. The van der Waals surface area contributed by atoms with Gasteiger partial charge in [0.25, 0.3) is 0 Å². The number of nitrogens with one attached hydrogen (secondary N) is 2. The van der Waals surface area contributed by atoms with E-state index < -0.39 is 5.82 Å².